The van der Waals surface area contributed by atoms with Crippen LogP contribution in [0, 0.1) is 13.8 Å². The summed E-state index contributed by atoms with van der Waals surface area (Å²) in [6.07, 6.45) is 6.67. The third kappa shape index (κ3) is 5.08. The largest absolute Gasteiger partial charge is 0.310 e. The molecule has 0 saturated heterocycles. The molecule has 0 atom stereocenters. The van der Waals surface area contributed by atoms with Gasteiger partial charge in [-0.2, -0.15) is 0 Å². The van der Waals surface area contributed by atoms with Crippen LogP contribution in [0.4, 0.5) is 17.1 Å². The van der Waals surface area contributed by atoms with Crippen LogP contribution in [0.25, 0.3) is 56.2 Å². The van der Waals surface area contributed by atoms with Crippen LogP contribution in [0.3, 0.4) is 0 Å². The molecule has 50 heavy (non-hydrogen) atoms. The molecule has 2 aromatic heterocycles. The van der Waals surface area contributed by atoms with E-state index in [0.29, 0.717) is 0 Å². The van der Waals surface area contributed by atoms with E-state index in [1.54, 1.807) is 0 Å². The van der Waals surface area contributed by atoms with Gasteiger partial charge in [-0.05, 0) is 104 Å². The molecule has 6 aromatic carbocycles. The zero-order valence-corrected chi connectivity index (χ0v) is 28.2. The Morgan fingerprint density at radius 3 is 1.78 bits per heavy atom. The van der Waals surface area contributed by atoms with E-state index in [1.165, 1.54) is 27.8 Å². The maximum atomic E-state index is 5.29. The van der Waals surface area contributed by atoms with Gasteiger partial charge >= 0.3 is 0 Å². The summed E-state index contributed by atoms with van der Waals surface area (Å²) < 4.78 is 2.41. The number of aryl methyl sites for hydroxylation is 3. The molecule has 0 fully saturated rings. The maximum absolute atomic E-state index is 5.29. The van der Waals surface area contributed by atoms with Gasteiger partial charge in [-0.25, -0.2) is 9.97 Å². The van der Waals surface area contributed by atoms with Crippen molar-refractivity contribution in [1.29, 1.82) is 0 Å². The summed E-state index contributed by atoms with van der Waals surface area (Å²) in [6.45, 7) is 4.22. The van der Waals surface area contributed by atoms with Gasteiger partial charge in [0, 0.05) is 45.0 Å². The van der Waals surface area contributed by atoms with Gasteiger partial charge in [0.15, 0.2) is 0 Å². The lowest BCUT2D eigenvalue weighted by Crippen LogP contribution is -2.10. The Morgan fingerprint density at radius 1 is 0.560 bits per heavy atom. The third-order valence-corrected chi connectivity index (χ3v) is 9.89. The number of rotatable bonds is 6. The molecule has 0 N–H and O–H groups in total. The molecule has 0 bridgehead atoms. The minimum absolute atomic E-state index is 0.888. The van der Waals surface area contributed by atoms with E-state index in [9.17, 15) is 0 Å². The average Bonchev–Trinajstić information content (AvgIpc) is 3.51. The fraction of sp³-hybridized carbons (Fsp3) is 0.0870. The lowest BCUT2D eigenvalue weighted by atomic mass is 10.00. The van der Waals surface area contributed by atoms with Crippen LogP contribution < -0.4 is 4.90 Å². The van der Waals surface area contributed by atoms with Gasteiger partial charge in [0.2, 0.25) is 0 Å². The minimum atomic E-state index is 0.888. The second-order valence-electron chi connectivity index (χ2n) is 13.1. The van der Waals surface area contributed by atoms with Crippen molar-refractivity contribution in [3.05, 3.63) is 174 Å². The van der Waals surface area contributed by atoms with E-state index in [4.69, 9.17) is 9.97 Å². The van der Waals surface area contributed by atoms with Crippen LogP contribution in [-0.2, 0) is 6.42 Å². The van der Waals surface area contributed by atoms with E-state index in [-0.39, 0.29) is 0 Å². The summed E-state index contributed by atoms with van der Waals surface area (Å²) >= 11 is 0. The highest BCUT2D eigenvalue weighted by Gasteiger charge is 2.22. The van der Waals surface area contributed by atoms with E-state index in [0.717, 1.165) is 74.6 Å². The van der Waals surface area contributed by atoms with Gasteiger partial charge in [-0.15, -0.1) is 0 Å². The van der Waals surface area contributed by atoms with E-state index in [2.05, 4.69) is 175 Å². The van der Waals surface area contributed by atoms with Crippen LogP contribution in [0.5, 0.6) is 0 Å². The molecular weight excluding hydrogens is 609 g/mol. The van der Waals surface area contributed by atoms with Gasteiger partial charge < -0.3 is 9.47 Å². The Kier molecular flexibility index (Phi) is 7.35. The van der Waals surface area contributed by atoms with E-state index < -0.39 is 0 Å². The Labute approximate surface area is 292 Å². The fourth-order valence-corrected chi connectivity index (χ4v) is 7.40. The zero-order chi connectivity index (χ0) is 33.6. The number of para-hydroxylation sites is 2. The number of nitrogens with zero attached hydrogens (tertiary/aromatic N) is 4. The second-order valence-corrected chi connectivity index (χ2v) is 13.1. The van der Waals surface area contributed by atoms with Crippen molar-refractivity contribution in [3.63, 3.8) is 0 Å². The standard InChI is InChI=1S/C46H36N4/c1-31-22-23-32(2)44-43(31)47-45(33-14-6-3-7-15-33)46(48-44)34-24-26-37(27-25-34)49(35-16-8-4-9-17-35)38-28-29-42-40(30-38)39-20-12-13-21-41(39)50(42)36-18-10-5-11-19-36/h3-11,13-19,21-30H,12,20H2,1-2H3. The van der Waals surface area contributed by atoms with E-state index >= 15 is 0 Å². The van der Waals surface area contributed by atoms with Gasteiger partial charge in [-0.1, -0.05) is 97.1 Å². The van der Waals surface area contributed by atoms with Gasteiger partial charge in [0.25, 0.3) is 0 Å². The SMILES string of the molecule is Cc1ccc(C)c2nc(-c3ccc(N(c4ccccc4)c4ccc5c(c4)c4c(n5-c5ccccc5)C=CCC4)cc3)c(-c3ccccc3)nc12. The first-order valence-corrected chi connectivity index (χ1v) is 17.3. The highest BCUT2D eigenvalue weighted by atomic mass is 15.1. The van der Waals surface area contributed by atoms with E-state index in [1.807, 2.05) is 6.07 Å². The Hall–Kier alpha value is -6.26. The third-order valence-electron chi connectivity index (χ3n) is 9.89. The molecular formula is C46H36N4. The monoisotopic (exact) mass is 644 g/mol. The summed E-state index contributed by atoms with van der Waals surface area (Å²) in [6, 6.07) is 51.7. The smallest absolute Gasteiger partial charge is 0.0973 e. The molecule has 0 aliphatic heterocycles. The molecule has 1 aliphatic carbocycles. The first kappa shape index (κ1) is 29.8. The Morgan fingerprint density at radius 2 is 1.12 bits per heavy atom. The number of aromatic nitrogens is 3. The number of benzene rings is 6. The normalized spacial score (nSPS) is 12.4. The zero-order valence-electron chi connectivity index (χ0n) is 28.2. The summed E-state index contributed by atoms with van der Waals surface area (Å²) in [7, 11) is 0. The van der Waals surface area contributed by atoms with Crippen molar-refractivity contribution in [2.45, 2.75) is 26.7 Å². The van der Waals surface area contributed by atoms with Crippen LogP contribution in [0.1, 0.15) is 28.8 Å². The highest BCUT2D eigenvalue weighted by Crippen LogP contribution is 2.41. The molecule has 0 amide bonds. The number of anilines is 3. The molecule has 0 unspecified atom stereocenters. The first-order valence-electron chi connectivity index (χ1n) is 17.3. The van der Waals surface area contributed by atoms with Gasteiger partial charge in [-0.3, -0.25) is 0 Å². The summed E-state index contributed by atoms with van der Waals surface area (Å²) in [5, 5.41) is 1.30. The molecule has 0 saturated carbocycles. The van der Waals surface area contributed by atoms with Gasteiger partial charge in [0.05, 0.1) is 27.9 Å². The predicted octanol–water partition coefficient (Wildman–Crippen LogP) is 12.0. The molecule has 4 heteroatoms. The van der Waals surface area contributed by atoms with Crippen molar-refractivity contribution < 1.29 is 0 Å². The molecule has 9 rings (SSSR count). The Bertz CT molecular complexity index is 2530. The lowest BCUT2D eigenvalue weighted by molar-refractivity contribution is 0.967. The fourth-order valence-electron chi connectivity index (χ4n) is 7.40. The summed E-state index contributed by atoms with van der Waals surface area (Å²) in [5.74, 6) is 0. The molecule has 0 radical (unpaired) electrons. The Balaban J connectivity index is 1.19. The lowest BCUT2D eigenvalue weighted by Gasteiger charge is -2.26. The molecule has 4 nitrogen and oxygen atoms in total. The van der Waals surface area contributed by atoms with Crippen LogP contribution in [-0.4, -0.2) is 14.5 Å². The summed E-state index contributed by atoms with van der Waals surface area (Å²) in [5.41, 5.74) is 16.4. The highest BCUT2D eigenvalue weighted by molar-refractivity contribution is 5.95. The first-order chi connectivity index (χ1) is 24.6. The molecule has 240 valence electrons. The molecule has 8 aromatic rings. The predicted molar refractivity (Wildman–Crippen MR) is 209 cm³/mol. The second kappa shape index (κ2) is 12.3. The average molecular weight is 645 g/mol. The topological polar surface area (TPSA) is 34.0 Å². The van der Waals surface area contributed by atoms with Crippen LogP contribution >= 0.6 is 0 Å². The maximum Gasteiger partial charge on any atom is 0.0973 e. The van der Waals surface area contributed by atoms with Crippen molar-refractivity contribution >= 4 is 45.1 Å². The van der Waals surface area contributed by atoms with Crippen molar-refractivity contribution in [3.8, 4) is 28.2 Å². The van der Waals surface area contributed by atoms with Crippen LogP contribution in [0.15, 0.2) is 152 Å². The number of hydrogen-bond donors (Lipinski definition) is 0. The van der Waals surface area contributed by atoms with Gasteiger partial charge in [0.1, 0.15) is 0 Å². The van der Waals surface area contributed by atoms with Crippen LogP contribution in [0.2, 0.25) is 0 Å². The number of fused-ring (bicyclic) bond motifs is 4. The van der Waals surface area contributed by atoms with Crippen molar-refractivity contribution in [2.24, 2.45) is 0 Å². The quantitative estimate of drug-likeness (QED) is 0.181. The van der Waals surface area contributed by atoms with Crippen molar-refractivity contribution in [1.82, 2.24) is 14.5 Å². The minimum Gasteiger partial charge on any atom is -0.310 e. The molecule has 1 aliphatic rings. The number of allylic oxidation sites excluding steroid dienone is 1. The number of hydrogen-bond acceptors (Lipinski definition) is 3. The molecule has 0 spiro atoms. The van der Waals surface area contributed by atoms with Crippen molar-refractivity contribution in [2.75, 3.05) is 4.90 Å². The molecule has 2 heterocycles. The summed E-state index contributed by atoms with van der Waals surface area (Å²) in [4.78, 5) is 12.9.